The fraction of sp³-hybridized carbons (Fsp3) is 0.438. The van der Waals surface area contributed by atoms with Crippen molar-refractivity contribution in [2.24, 2.45) is 0 Å². The summed E-state index contributed by atoms with van der Waals surface area (Å²) >= 11 is 0. The summed E-state index contributed by atoms with van der Waals surface area (Å²) in [4.78, 5) is 4.66. The molecule has 1 aromatic carbocycles. The number of hydrogen-bond donors (Lipinski definition) is 1. The van der Waals surface area contributed by atoms with Gasteiger partial charge in [0.2, 0.25) is 0 Å². The van der Waals surface area contributed by atoms with E-state index in [0.717, 1.165) is 54.9 Å². The molecule has 0 atom stereocenters. The number of aromatic nitrogens is 1. The quantitative estimate of drug-likeness (QED) is 0.771. The molecule has 0 unspecified atom stereocenters. The molecular formula is C16H22N2O. The van der Waals surface area contributed by atoms with Crippen LogP contribution in [0, 0.1) is 0 Å². The van der Waals surface area contributed by atoms with E-state index in [1.807, 2.05) is 18.2 Å². The monoisotopic (exact) mass is 258 g/mol. The van der Waals surface area contributed by atoms with Crippen LogP contribution in [-0.2, 0) is 6.54 Å². The van der Waals surface area contributed by atoms with Gasteiger partial charge in [-0.3, -0.25) is 4.98 Å². The predicted molar refractivity (Wildman–Crippen MR) is 79.5 cm³/mol. The fourth-order valence-corrected chi connectivity index (χ4v) is 1.99. The molecule has 1 heterocycles. The van der Waals surface area contributed by atoms with E-state index in [-0.39, 0.29) is 0 Å². The van der Waals surface area contributed by atoms with E-state index in [0.29, 0.717) is 0 Å². The van der Waals surface area contributed by atoms with Gasteiger partial charge in [-0.05, 0) is 25.1 Å². The van der Waals surface area contributed by atoms with Crippen LogP contribution >= 0.6 is 0 Å². The van der Waals surface area contributed by atoms with Crippen molar-refractivity contribution in [1.82, 2.24) is 10.3 Å². The summed E-state index contributed by atoms with van der Waals surface area (Å²) in [6.07, 6.45) is 2.23. The number of pyridine rings is 1. The highest BCUT2D eigenvalue weighted by atomic mass is 16.5. The van der Waals surface area contributed by atoms with E-state index in [1.54, 1.807) is 0 Å². The lowest BCUT2D eigenvalue weighted by Crippen LogP contribution is -2.13. The van der Waals surface area contributed by atoms with Crippen molar-refractivity contribution in [2.75, 3.05) is 13.2 Å². The summed E-state index contributed by atoms with van der Waals surface area (Å²) in [5.74, 6) is 0.951. The number of para-hydroxylation sites is 1. The first-order chi connectivity index (χ1) is 9.35. The molecule has 0 saturated carbocycles. The van der Waals surface area contributed by atoms with Gasteiger partial charge in [0, 0.05) is 18.0 Å². The zero-order valence-electron chi connectivity index (χ0n) is 11.8. The molecule has 3 heteroatoms. The molecule has 102 valence electrons. The van der Waals surface area contributed by atoms with Gasteiger partial charge in [0.15, 0.2) is 0 Å². The Balaban J connectivity index is 2.28. The maximum absolute atomic E-state index is 5.91. The van der Waals surface area contributed by atoms with Gasteiger partial charge < -0.3 is 10.1 Å². The third-order valence-electron chi connectivity index (χ3n) is 3.04. The number of benzene rings is 1. The Morgan fingerprint density at radius 2 is 2.05 bits per heavy atom. The van der Waals surface area contributed by atoms with E-state index >= 15 is 0 Å². The predicted octanol–water partition coefficient (Wildman–Crippen LogP) is 3.52. The molecule has 3 nitrogen and oxygen atoms in total. The van der Waals surface area contributed by atoms with Gasteiger partial charge in [0.25, 0.3) is 0 Å². The largest absolute Gasteiger partial charge is 0.493 e. The summed E-state index contributed by atoms with van der Waals surface area (Å²) in [5.41, 5.74) is 2.04. The highest BCUT2D eigenvalue weighted by molar-refractivity contribution is 5.85. The van der Waals surface area contributed by atoms with E-state index in [9.17, 15) is 0 Å². The molecule has 0 amide bonds. The molecule has 1 aromatic heterocycles. The molecule has 0 aliphatic heterocycles. The molecule has 2 rings (SSSR count). The summed E-state index contributed by atoms with van der Waals surface area (Å²) in [5, 5.41) is 4.40. The minimum Gasteiger partial charge on any atom is -0.493 e. The van der Waals surface area contributed by atoms with Gasteiger partial charge in [-0.25, -0.2) is 0 Å². The number of rotatable bonds is 7. The molecule has 0 aliphatic carbocycles. The van der Waals surface area contributed by atoms with Gasteiger partial charge in [0.1, 0.15) is 5.75 Å². The van der Waals surface area contributed by atoms with Gasteiger partial charge >= 0.3 is 0 Å². The van der Waals surface area contributed by atoms with Crippen molar-refractivity contribution >= 4 is 10.9 Å². The maximum Gasteiger partial charge on any atom is 0.130 e. The van der Waals surface area contributed by atoms with E-state index in [1.165, 1.54) is 0 Å². The maximum atomic E-state index is 5.91. The number of nitrogens with one attached hydrogen (secondary N) is 1. The second-order valence-corrected chi connectivity index (χ2v) is 4.61. The number of hydrogen-bond acceptors (Lipinski definition) is 3. The van der Waals surface area contributed by atoms with Crippen LogP contribution in [0.5, 0.6) is 5.75 Å². The van der Waals surface area contributed by atoms with Gasteiger partial charge in [0.05, 0.1) is 17.8 Å². The summed E-state index contributed by atoms with van der Waals surface area (Å²) in [6.45, 7) is 6.77. The average molecular weight is 258 g/mol. The van der Waals surface area contributed by atoms with Gasteiger partial charge in [-0.2, -0.15) is 0 Å². The first-order valence-electron chi connectivity index (χ1n) is 7.07. The first kappa shape index (κ1) is 13.8. The Morgan fingerprint density at radius 3 is 2.84 bits per heavy atom. The van der Waals surface area contributed by atoms with Crippen molar-refractivity contribution in [3.05, 3.63) is 36.0 Å². The van der Waals surface area contributed by atoms with Crippen molar-refractivity contribution in [2.45, 2.75) is 33.2 Å². The molecule has 0 fully saturated rings. The van der Waals surface area contributed by atoms with E-state index in [4.69, 9.17) is 4.74 Å². The average Bonchev–Trinajstić information content (AvgIpc) is 2.45. The summed E-state index contributed by atoms with van der Waals surface area (Å²) < 4.78 is 5.91. The number of fused-ring (bicyclic) bond motifs is 1. The zero-order valence-corrected chi connectivity index (χ0v) is 11.8. The van der Waals surface area contributed by atoms with Crippen molar-refractivity contribution < 1.29 is 4.74 Å². The molecule has 19 heavy (non-hydrogen) atoms. The van der Waals surface area contributed by atoms with Gasteiger partial charge in [-0.15, -0.1) is 0 Å². The fourth-order valence-electron chi connectivity index (χ4n) is 1.99. The summed E-state index contributed by atoms with van der Waals surface area (Å²) in [6, 6.07) is 10.2. The molecule has 0 saturated heterocycles. The van der Waals surface area contributed by atoms with Crippen LogP contribution in [0.1, 0.15) is 32.4 Å². The molecule has 0 radical (unpaired) electrons. The standard InChI is InChI=1S/C16H22N2O/c1-3-5-10-19-16-11-13(12-17-4-2)18-15-9-7-6-8-14(15)16/h6-9,11,17H,3-5,10,12H2,1-2H3. The smallest absolute Gasteiger partial charge is 0.130 e. The van der Waals surface area contributed by atoms with Crippen molar-refractivity contribution in [1.29, 1.82) is 0 Å². The highest BCUT2D eigenvalue weighted by Gasteiger charge is 2.06. The third kappa shape index (κ3) is 3.67. The number of unbranched alkanes of at least 4 members (excludes halogenated alkanes) is 1. The lowest BCUT2D eigenvalue weighted by molar-refractivity contribution is 0.312. The number of nitrogens with zero attached hydrogens (tertiary/aromatic N) is 1. The normalized spacial score (nSPS) is 10.8. The van der Waals surface area contributed by atoms with Crippen molar-refractivity contribution in [3.63, 3.8) is 0 Å². The van der Waals surface area contributed by atoms with Crippen LogP contribution in [0.2, 0.25) is 0 Å². The Hall–Kier alpha value is -1.61. The highest BCUT2D eigenvalue weighted by Crippen LogP contribution is 2.25. The van der Waals surface area contributed by atoms with Crippen LogP contribution in [0.15, 0.2) is 30.3 Å². The van der Waals surface area contributed by atoms with Gasteiger partial charge in [-0.1, -0.05) is 32.4 Å². The van der Waals surface area contributed by atoms with Crippen molar-refractivity contribution in [3.8, 4) is 5.75 Å². The van der Waals surface area contributed by atoms with Crippen LogP contribution in [0.25, 0.3) is 10.9 Å². The number of ether oxygens (including phenoxy) is 1. The first-order valence-corrected chi connectivity index (χ1v) is 7.07. The SMILES string of the molecule is CCCCOc1cc(CNCC)nc2ccccc12. The zero-order chi connectivity index (χ0) is 13.5. The molecule has 1 N–H and O–H groups in total. The summed E-state index contributed by atoms with van der Waals surface area (Å²) in [7, 11) is 0. The van der Waals surface area contributed by atoms with Crippen LogP contribution < -0.4 is 10.1 Å². The molecule has 0 bridgehead atoms. The van der Waals surface area contributed by atoms with Crippen LogP contribution in [-0.4, -0.2) is 18.1 Å². The second kappa shape index (κ2) is 7.10. The molecule has 2 aromatic rings. The Labute approximate surface area is 115 Å². The molecular weight excluding hydrogens is 236 g/mol. The molecule has 0 spiro atoms. The topological polar surface area (TPSA) is 34.1 Å². The Morgan fingerprint density at radius 1 is 1.21 bits per heavy atom. The van der Waals surface area contributed by atoms with Crippen LogP contribution in [0.4, 0.5) is 0 Å². The second-order valence-electron chi connectivity index (χ2n) is 4.61. The minimum atomic E-state index is 0.769. The Bertz CT molecular complexity index is 525. The lowest BCUT2D eigenvalue weighted by Gasteiger charge is -2.11. The Kier molecular flexibility index (Phi) is 5.16. The van der Waals surface area contributed by atoms with E-state index < -0.39 is 0 Å². The molecule has 0 aliphatic rings. The third-order valence-corrected chi connectivity index (χ3v) is 3.04. The lowest BCUT2D eigenvalue weighted by atomic mass is 10.2. The van der Waals surface area contributed by atoms with E-state index in [2.05, 4.69) is 36.3 Å². The van der Waals surface area contributed by atoms with Crippen LogP contribution in [0.3, 0.4) is 0 Å². The minimum absolute atomic E-state index is 0.769.